The summed E-state index contributed by atoms with van der Waals surface area (Å²) in [5, 5.41) is 11.2. The van der Waals surface area contributed by atoms with E-state index >= 15 is 0 Å². The third-order valence-corrected chi connectivity index (χ3v) is 5.55. The average molecular weight is 447 g/mol. The minimum Gasteiger partial charge on any atom is -0.461 e. The van der Waals surface area contributed by atoms with Crippen LogP contribution < -0.4 is 5.73 Å². The number of esters is 1. The van der Waals surface area contributed by atoms with Crippen molar-refractivity contribution in [1.82, 2.24) is 4.90 Å². The molecule has 0 aliphatic carbocycles. The van der Waals surface area contributed by atoms with Crippen molar-refractivity contribution in [3.05, 3.63) is 108 Å². The van der Waals surface area contributed by atoms with E-state index in [1.54, 1.807) is 0 Å². The molecule has 172 valence electrons. The lowest BCUT2D eigenvalue weighted by Gasteiger charge is -2.34. The average Bonchev–Trinajstić information content (AvgIpc) is 2.85. The van der Waals surface area contributed by atoms with Gasteiger partial charge in [-0.3, -0.25) is 9.59 Å². The van der Waals surface area contributed by atoms with Crippen molar-refractivity contribution in [1.29, 1.82) is 0 Å². The number of carbonyl (C=O) groups is 2. The van der Waals surface area contributed by atoms with Gasteiger partial charge in [-0.25, -0.2) is 0 Å². The van der Waals surface area contributed by atoms with Gasteiger partial charge in [0.15, 0.2) is 0 Å². The number of hydrogen-bond acceptors (Lipinski definition) is 5. The Hall–Kier alpha value is -3.48. The van der Waals surface area contributed by atoms with Crippen molar-refractivity contribution in [2.45, 2.75) is 38.8 Å². The molecule has 0 aliphatic heterocycles. The largest absolute Gasteiger partial charge is 0.461 e. The molecule has 33 heavy (non-hydrogen) atoms. The second kappa shape index (κ2) is 11.9. The quantitative estimate of drug-likeness (QED) is 0.368. The maximum atomic E-state index is 13.1. The van der Waals surface area contributed by atoms with Crippen LogP contribution in [0.1, 0.15) is 23.6 Å². The summed E-state index contributed by atoms with van der Waals surface area (Å²) >= 11 is 0. The maximum Gasteiger partial charge on any atom is 0.312 e. The molecule has 3 atom stereocenters. The van der Waals surface area contributed by atoms with E-state index in [4.69, 9.17) is 10.5 Å². The zero-order chi connectivity index (χ0) is 23.6. The summed E-state index contributed by atoms with van der Waals surface area (Å²) in [5.41, 5.74) is 8.94. The highest BCUT2D eigenvalue weighted by molar-refractivity contribution is 5.75. The van der Waals surface area contributed by atoms with Crippen molar-refractivity contribution < 1.29 is 19.4 Å². The molecule has 1 unspecified atom stereocenters. The van der Waals surface area contributed by atoms with Gasteiger partial charge >= 0.3 is 5.97 Å². The zero-order valence-electron chi connectivity index (χ0n) is 18.7. The van der Waals surface area contributed by atoms with Gasteiger partial charge in [0.1, 0.15) is 18.9 Å². The lowest BCUT2D eigenvalue weighted by Crippen LogP contribution is -2.55. The van der Waals surface area contributed by atoms with Gasteiger partial charge in [0, 0.05) is 13.5 Å². The number of carbonyl (C=O) groups excluding carboxylic acids is 2. The topological polar surface area (TPSA) is 92.9 Å². The minimum absolute atomic E-state index is 0.0906. The van der Waals surface area contributed by atoms with E-state index in [9.17, 15) is 14.7 Å². The molecule has 3 N–H and O–H groups in total. The molecule has 0 aromatic heterocycles. The lowest BCUT2D eigenvalue weighted by atomic mass is 9.91. The molecule has 6 nitrogen and oxygen atoms in total. The molecule has 0 heterocycles. The van der Waals surface area contributed by atoms with Gasteiger partial charge in [-0.15, -0.1) is 0 Å². The van der Waals surface area contributed by atoms with E-state index < -0.39 is 24.2 Å². The van der Waals surface area contributed by atoms with E-state index in [1.807, 2.05) is 91.0 Å². The minimum atomic E-state index is -1.32. The van der Waals surface area contributed by atoms with Crippen LogP contribution in [0, 0.1) is 5.92 Å². The Morgan fingerprint density at radius 3 is 1.85 bits per heavy atom. The molecule has 6 heteroatoms. The Morgan fingerprint density at radius 1 is 0.848 bits per heavy atom. The highest BCUT2D eigenvalue weighted by Gasteiger charge is 2.36. The molecule has 0 fully saturated rings. The second-order valence-electron chi connectivity index (χ2n) is 8.00. The van der Waals surface area contributed by atoms with Crippen LogP contribution in [0.2, 0.25) is 0 Å². The van der Waals surface area contributed by atoms with Gasteiger partial charge in [-0.05, 0) is 23.1 Å². The number of hydrogen-bond donors (Lipinski definition) is 2. The smallest absolute Gasteiger partial charge is 0.312 e. The number of aliphatic hydroxyl groups is 1. The van der Waals surface area contributed by atoms with Gasteiger partial charge in [0.25, 0.3) is 0 Å². The zero-order valence-corrected chi connectivity index (χ0v) is 18.7. The van der Waals surface area contributed by atoms with Crippen molar-refractivity contribution in [3.63, 3.8) is 0 Å². The molecule has 0 radical (unpaired) electrons. The van der Waals surface area contributed by atoms with Crippen molar-refractivity contribution in [3.8, 4) is 0 Å². The lowest BCUT2D eigenvalue weighted by molar-refractivity contribution is -0.157. The van der Waals surface area contributed by atoms with Crippen LogP contribution in [-0.2, 0) is 33.9 Å². The van der Waals surface area contributed by atoms with E-state index in [1.165, 1.54) is 11.8 Å². The molecule has 0 spiro atoms. The molecule has 3 aromatic carbocycles. The van der Waals surface area contributed by atoms with Gasteiger partial charge in [0.05, 0.1) is 5.92 Å². The Bertz CT molecular complexity index is 1010. The van der Waals surface area contributed by atoms with Crippen LogP contribution in [0.15, 0.2) is 91.0 Å². The standard InChI is InChI=1S/C27H30N2O4/c1-20(30)29(18-22-13-7-3-8-14-22)26(28)25(31)24(17-21-11-5-2-6-12-21)27(32)33-19-23-15-9-4-10-16-23/h2-16,24-26,31H,17-19,28H2,1H3/t24-,25+,26?/m0/s1. The summed E-state index contributed by atoms with van der Waals surface area (Å²) < 4.78 is 5.53. The van der Waals surface area contributed by atoms with Crippen molar-refractivity contribution in [2.24, 2.45) is 11.7 Å². The number of amides is 1. The number of benzene rings is 3. The molecule has 3 rings (SSSR count). The summed E-state index contributed by atoms with van der Waals surface area (Å²) in [7, 11) is 0. The Balaban J connectivity index is 1.79. The Labute approximate surface area is 194 Å². The number of nitrogens with two attached hydrogens (primary N) is 1. The van der Waals surface area contributed by atoms with Crippen LogP contribution in [-0.4, -0.2) is 34.2 Å². The first-order chi connectivity index (χ1) is 16.0. The maximum absolute atomic E-state index is 13.1. The number of nitrogens with zero attached hydrogens (tertiary/aromatic N) is 1. The molecular formula is C27H30N2O4. The summed E-state index contributed by atoms with van der Waals surface area (Å²) in [5.74, 6) is -1.79. The third kappa shape index (κ3) is 7.00. The highest BCUT2D eigenvalue weighted by Crippen LogP contribution is 2.20. The van der Waals surface area contributed by atoms with E-state index in [0.29, 0.717) is 0 Å². The summed E-state index contributed by atoms with van der Waals surface area (Å²) in [4.78, 5) is 26.8. The number of rotatable bonds is 10. The predicted molar refractivity (Wildman–Crippen MR) is 127 cm³/mol. The third-order valence-electron chi connectivity index (χ3n) is 5.55. The first kappa shape index (κ1) is 24.2. The fourth-order valence-electron chi connectivity index (χ4n) is 3.68. The van der Waals surface area contributed by atoms with Crippen molar-refractivity contribution >= 4 is 11.9 Å². The molecule has 0 saturated carbocycles. The molecule has 3 aromatic rings. The first-order valence-electron chi connectivity index (χ1n) is 10.9. The second-order valence-corrected chi connectivity index (χ2v) is 8.00. The van der Waals surface area contributed by atoms with E-state index in [0.717, 1.165) is 16.7 Å². The predicted octanol–water partition coefficient (Wildman–Crippen LogP) is 3.28. The first-order valence-corrected chi connectivity index (χ1v) is 10.9. The molecular weight excluding hydrogens is 416 g/mol. The fraction of sp³-hybridized carbons (Fsp3) is 0.259. The fourth-order valence-corrected chi connectivity index (χ4v) is 3.68. The Morgan fingerprint density at radius 2 is 1.33 bits per heavy atom. The van der Waals surface area contributed by atoms with Gasteiger partial charge in [-0.1, -0.05) is 91.0 Å². The highest BCUT2D eigenvalue weighted by atomic mass is 16.5. The monoisotopic (exact) mass is 446 g/mol. The van der Waals surface area contributed by atoms with Crippen LogP contribution in [0.3, 0.4) is 0 Å². The molecule has 1 amide bonds. The number of aliphatic hydroxyl groups excluding tert-OH is 1. The van der Waals surface area contributed by atoms with Gasteiger partial charge in [-0.2, -0.15) is 0 Å². The van der Waals surface area contributed by atoms with Crippen LogP contribution in [0.5, 0.6) is 0 Å². The SMILES string of the molecule is CC(=O)N(Cc1ccccc1)C(N)[C@H](O)[C@H](Cc1ccccc1)C(=O)OCc1ccccc1. The van der Waals surface area contributed by atoms with Crippen LogP contribution in [0.4, 0.5) is 0 Å². The molecule has 0 saturated heterocycles. The molecule has 0 bridgehead atoms. The van der Waals surface area contributed by atoms with Crippen LogP contribution >= 0.6 is 0 Å². The van der Waals surface area contributed by atoms with Gasteiger partial charge < -0.3 is 20.5 Å². The summed E-state index contributed by atoms with van der Waals surface area (Å²) in [6.45, 7) is 1.72. The normalized spacial score (nSPS) is 13.5. The van der Waals surface area contributed by atoms with Crippen molar-refractivity contribution in [2.75, 3.05) is 0 Å². The van der Waals surface area contributed by atoms with Gasteiger partial charge in [0.2, 0.25) is 5.91 Å². The number of ether oxygens (including phenoxy) is 1. The van der Waals surface area contributed by atoms with Crippen LogP contribution in [0.25, 0.3) is 0 Å². The Kier molecular flexibility index (Phi) is 8.75. The summed E-state index contributed by atoms with van der Waals surface area (Å²) in [6, 6.07) is 28.1. The van der Waals surface area contributed by atoms with E-state index in [-0.39, 0.29) is 25.5 Å². The van der Waals surface area contributed by atoms with E-state index in [2.05, 4.69) is 0 Å². The molecule has 0 aliphatic rings. The summed E-state index contributed by atoms with van der Waals surface area (Å²) in [6.07, 6.45) is -2.16.